The van der Waals surface area contributed by atoms with E-state index in [9.17, 15) is 0 Å². The van der Waals surface area contributed by atoms with Crippen LogP contribution < -0.4 is 14.4 Å². The molecule has 0 saturated carbocycles. The predicted molar refractivity (Wildman–Crippen MR) is 107 cm³/mol. The molecule has 1 heterocycles. The number of nitrogens with zero attached hydrogens (tertiary/aromatic N) is 2. The Bertz CT molecular complexity index is 769. The van der Waals surface area contributed by atoms with Gasteiger partial charge >= 0.3 is 0 Å². The SMILES string of the molecule is CCCC1=CN(c2ccccc2)C(Oc2ccccc2OC(C)C)C=N1. The van der Waals surface area contributed by atoms with Crippen molar-refractivity contribution in [3.8, 4) is 11.5 Å². The lowest BCUT2D eigenvalue weighted by molar-refractivity contribution is 0.211. The first kappa shape index (κ1) is 18.1. The number of allylic oxidation sites excluding steroid dienone is 1. The first-order chi connectivity index (χ1) is 12.7. The molecule has 26 heavy (non-hydrogen) atoms. The summed E-state index contributed by atoms with van der Waals surface area (Å²) < 4.78 is 12.2. The molecule has 1 aliphatic rings. The van der Waals surface area contributed by atoms with E-state index in [1.165, 1.54) is 0 Å². The van der Waals surface area contributed by atoms with E-state index in [1.807, 2.05) is 62.5 Å². The Hall–Kier alpha value is -2.75. The fraction of sp³-hybridized carbons (Fsp3) is 0.318. The van der Waals surface area contributed by atoms with Crippen LogP contribution in [-0.2, 0) is 0 Å². The summed E-state index contributed by atoms with van der Waals surface area (Å²) in [5.74, 6) is 1.46. The van der Waals surface area contributed by atoms with Gasteiger partial charge in [-0.1, -0.05) is 43.7 Å². The molecule has 1 aliphatic heterocycles. The van der Waals surface area contributed by atoms with Crippen molar-refractivity contribution in [1.29, 1.82) is 0 Å². The average molecular weight is 350 g/mol. The molecular weight excluding hydrogens is 324 g/mol. The van der Waals surface area contributed by atoms with E-state index in [1.54, 1.807) is 0 Å². The van der Waals surface area contributed by atoms with Crippen molar-refractivity contribution in [2.75, 3.05) is 4.90 Å². The molecule has 0 amide bonds. The Labute approximate surface area is 155 Å². The lowest BCUT2D eigenvalue weighted by atomic mass is 10.2. The van der Waals surface area contributed by atoms with Crippen LogP contribution in [-0.4, -0.2) is 18.5 Å². The molecule has 0 fully saturated rings. The van der Waals surface area contributed by atoms with Crippen LogP contribution in [0.2, 0.25) is 0 Å². The lowest BCUT2D eigenvalue weighted by Crippen LogP contribution is -2.39. The van der Waals surface area contributed by atoms with Crippen LogP contribution in [0.5, 0.6) is 11.5 Å². The summed E-state index contributed by atoms with van der Waals surface area (Å²) >= 11 is 0. The fourth-order valence-electron chi connectivity index (χ4n) is 2.82. The van der Waals surface area contributed by atoms with Gasteiger partial charge in [0.05, 0.1) is 18.0 Å². The number of benzene rings is 2. The standard InChI is InChI=1S/C22H26N2O2/c1-4-10-18-16-24(19-11-6-5-7-12-19)22(15-23-18)26-21-14-9-8-13-20(21)25-17(2)3/h5-9,11-17,22H,4,10H2,1-3H3. The number of aliphatic imine (C=N–C) groups is 1. The van der Waals surface area contributed by atoms with Gasteiger partial charge in [-0.2, -0.15) is 0 Å². The van der Waals surface area contributed by atoms with E-state index in [-0.39, 0.29) is 12.3 Å². The number of hydrogen-bond donors (Lipinski definition) is 0. The Morgan fingerprint density at radius 1 is 1.00 bits per heavy atom. The molecule has 0 aliphatic carbocycles. The second-order valence-electron chi connectivity index (χ2n) is 6.51. The normalized spacial score (nSPS) is 16.5. The first-order valence-corrected chi connectivity index (χ1v) is 9.18. The maximum absolute atomic E-state index is 6.29. The van der Waals surface area contributed by atoms with Gasteiger partial charge in [0, 0.05) is 11.9 Å². The zero-order chi connectivity index (χ0) is 18.4. The molecule has 0 radical (unpaired) electrons. The molecule has 0 aromatic heterocycles. The van der Waals surface area contributed by atoms with Crippen LogP contribution >= 0.6 is 0 Å². The number of rotatable bonds is 7. The van der Waals surface area contributed by atoms with Gasteiger partial charge < -0.3 is 14.4 Å². The minimum absolute atomic E-state index is 0.0843. The minimum Gasteiger partial charge on any atom is -0.487 e. The summed E-state index contributed by atoms with van der Waals surface area (Å²) in [6.45, 7) is 6.18. The molecule has 2 aromatic carbocycles. The van der Waals surface area contributed by atoms with Crippen molar-refractivity contribution < 1.29 is 9.47 Å². The van der Waals surface area contributed by atoms with Crippen LogP contribution in [0.1, 0.15) is 33.6 Å². The lowest BCUT2D eigenvalue weighted by Gasteiger charge is -2.32. The molecule has 0 spiro atoms. The summed E-state index contributed by atoms with van der Waals surface area (Å²) in [6, 6.07) is 18.0. The molecule has 1 atom stereocenters. The Morgan fingerprint density at radius 3 is 2.38 bits per heavy atom. The van der Waals surface area contributed by atoms with Gasteiger partial charge in [-0.25, -0.2) is 0 Å². The van der Waals surface area contributed by atoms with Crippen LogP contribution in [0.15, 0.2) is 71.5 Å². The monoisotopic (exact) mass is 350 g/mol. The minimum atomic E-state index is -0.324. The van der Waals surface area contributed by atoms with Crippen LogP contribution in [0.3, 0.4) is 0 Å². The largest absolute Gasteiger partial charge is 0.487 e. The van der Waals surface area contributed by atoms with Crippen LogP contribution in [0, 0.1) is 0 Å². The van der Waals surface area contributed by atoms with Crippen LogP contribution in [0.25, 0.3) is 0 Å². The van der Waals surface area contributed by atoms with E-state index in [4.69, 9.17) is 9.47 Å². The molecule has 0 bridgehead atoms. The Balaban J connectivity index is 1.88. The van der Waals surface area contributed by atoms with Gasteiger partial charge in [-0.05, 0) is 44.5 Å². The van der Waals surface area contributed by atoms with Gasteiger partial charge in [0.2, 0.25) is 6.23 Å². The van der Waals surface area contributed by atoms with Crippen molar-refractivity contribution in [2.45, 2.75) is 45.9 Å². The third-order valence-electron chi connectivity index (χ3n) is 3.95. The molecular formula is C22H26N2O2. The fourth-order valence-corrected chi connectivity index (χ4v) is 2.82. The second-order valence-corrected chi connectivity index (χ2v) is 6.51. The van der Waals surface area contributed by atoms with Gasteiger partial charge in [0.15, 0.2) is 11.5 Å². The molecule has 0 N–H and O–H groups in total. The molecule has 1 unspecified atom stereocenters. The third-order valence-corrected chi connectivity index (χ3v) is 3.95. The van der Waals surface area contributed by atoms with E-state index < -0.39 is 0 Å². The Morgan fingerprint density at radius 2 is 1.69 bits per heavy atom. The van der Waals surface area contributed by atoms with E-state index >= 15 is 0 Å². The highest BCUT2D eigenvalue weighted by Crippen LogP contribution is 2.31. The summed E-state index contributed by atoms with van der Waals surface area (Å²) in [5.41, 5.74) is 2.13. The zero-order valence-electron chi connectivity index (χ0n) is 15.6. The maximum atomic E-state index is 6.29. The van der Waals surface area contributed by atoms with Crippen molar-refractivity contribution >= 4 is 11.9 Å². The van der Waals surface area contributed by atoms with Gasteiger partial charge in [-0.3, -0.25) is 4.99 Å². The highest BCUT2D eigenvalue weighted by Gasteiger charge is 2.22. The van der Waals surface area contributed by atoms with Gasteiger partial charge in [0.25, 0.3) is 0 Å². The molecule has 136 valence electrons. The van der Waals surface area contributed by atoms with Crippen molar-refractivity contribution in [2.24, 2.45) is 4.99 Å². The Kier molecular flexibility index (Phi) is 5.95. The molecule has 2 aromatic rings. The smallest absolute Gasteiger partial charge is 0.212 e. The average Bonchev–Trinajstić information content (AvgIpc) is 2.65. The topological polar surface area (TPSA) is 34.1 Å². The second kappa shape index (κ2) is 8.56. The molecule has 3 rings (SSSR count). The van der Waals surface area contributed by atoms with Crippen molar-refractivity contribution in [3.63, 3.8) is 0 Å². The maximum Gasteiger partial charge on any atom is 0.212 e. The highest BCUT2D eigenvalue weighted by atomic mass is 16.5. The third kappa shape index (κ3) is 4.45. The zero-order valence-corrected chi connectivity index (χ0v) is 15.6. The highest BCUT2D eigenvalue weighted by molar-refractivity contribution is 5.74. The summed E-state index contributed by atoms with van der Waals surface area (Å²) in [6.07, 6.45) is 5.71. The van der Waals surface area contributed by atoms with Crippen molar-refractivity contribution in [1.82, 2.24) is 0 Å². The molecule has 4 heteroatoms. The number of ether oxygens (including phenoxy) is 2. The van der Waals surface area contributed by atoms with Gasteiger partial charge in [-0.15, -0.1) is 0 Å². The predicted octanol–water partition coefficient (Wildman–Crippen LogP) is 5.41. The number of hydrogen-bond acceptors (Lipinski definition) is 4. The van der Waals surface area contributed by atoms with E-state index in [2.05, 4.69) is 35.1 Å². The molecule has 0 saturated heterocycles. The summed E-state index contributed by atoms with van der Waals surface area (Å²) in [7, 11) is 0. The van der Waals surface area contributed by atoms with Crippen LogP contribution in [0.4, 0.5) is 5.69 Å². The first-order valence-electron chi connectivity index (χ1n) is 9.18. The van der Waals surface area contributed by atoms with E-state index in [0.717, 1.165) is 30.0 Å². The number of para-hydroxylation sites is 3. The van der Waals surface area contributed by atoms with E-state index in [0.29, 0.717) is 5.75 Å². The molecule has 4 nitrogen and oxygen atoms in total. The number of anilines is 1. The summed E-state index contributed by atoms with van der Waals surface area (Å²) in [5, 5.41) is 0. The van der Waals surface area contributed by atoms with Crippen molar-refractivity contribution in [3.05, 3.63) is 66.5 Å². The quantitative estimate of drug-likeness (QED) is 0.669. The summed E-state index contributed by atoms with van der Waals surface area (Å²) in [4.78, 5) is 6.71. The van der Waals surface area contributed by atoms with Gasteiger partial charge in [0.1, 0.15) is 0 Å².